The number of hydrogen-bond donors (Lipinski definition) is 4. The van der Waals surface area contributed by atoms with Gasteiger partial charge in [0.25, 0.3) is 0 Å². The van der Waals surface area contributed by atoms with Crippen molar-refractivity contribution in [3.63, 3.8) is 0 Å². The summed E-state index contributed by atoms with van der Waals surface area (Å²) in [5, 5.41) is 20.6. The summed E-state index contributed by atoms with van der Waals surface area (Å²) < 4.78 is 0. The van der Waals surface area contributed by atoms with Crippen LogP contribution in [0.4, 0.5) is 0 Å². The molecule has 0 fully saturated rings. The zero-order chi connectivity index (χ0) is 13.3. The highest BCUT2D eigenvalue weighted by molar-refractivity contribution is 4.65. The first-order valence-corrected chi connectivity index (χ1v) is 6.20. The SMILES string of the molecule is CNN(CCCN(CC(C)O)CC(C)O)NC. The maximum Gasteiger partial charge on any atom is 0.0639 e. The van der Waals surface area contributed by atoms with Crippen LogP contribution >= 0.6 is 0 Å². The number of hydrogen-bond acceptors (Lipinski definition) is 6. The van der Waals surface area contributed by atoms with Gasteiger partial charge in [0.2, 0.25) is 0 Å². The molecule has 0 rings (SSSR count). The van der Waals surface area contributed by atoms with Crippen molar-refractivity contribution in [1.29, 1.82) is 0 Å². The van der Waals surface area contributed by atoms with Crippen molar-refractivity contribution in [1.82, 2.24) is 20.9 Å². The summed E-state index contributed by atoms with van der Waals surface area (Å²) in [6.07, 6.45) is 0.234. The minimum Gasteiger partial charge on any atom is -0.392 e. The van der Waals surface area contributed by atoms with Crippen LogP contribution in [-0.4, -0.2) is 72.7 Å². The van der Waals surface area contributed by atoms with E-state index in [4.69, 9.17) is 0 Å². The molecule has 2 unspecified atom stereocenters. The van der Waals surface area contributed by atoms with Gasteiger partial charge in [0, 0.05) is 33.7 Å². The molecular weight excluding hydrogens is 220 g/mol. The van der Waals surface area contributed by atoms with Gasteiger partial charge in [0.15, 0.2) is 0 Å². The molecule has 0 saturated carbocycles. The number of aliphatic hydroxyl groups excluding tert-OH is 2. The molecule has 0 aliphatic rings. The van der Waals surface area contributed by atoms with E-state index >= 15 is 0 Å². The lowest BCUT2D eigenvalue weighted by atomic mass is 10.2. The minimum atomic E-state index is -0.363. The van der Waals surface area contributed by atoms with Gasteiger partial charge in [0.05, 0.1) is 12.2 Å². The van der Waals surface area contributed by atoms with Crippen LogP contribution in [0.2, 0.25) is 0 Å². The Morgan fingerprint density at radius 3 is 1.76 bits per heavy atom. The molecule has 4 N–H and O–H groups in total. The van der Waals surface area contributed by atoms with Crippen molar-refractivity contribution in [2.75, 3.05) is 40.3 Å². The molecule has 0 aliphatic heterocycles. The van der Waals surface area contributed by atoms with Crippen molar-refractivity contribution in [3.05, 3.63) is 0 Å². The number of nitrogens with one attached hydrogen (secondary N) is 2. The quantitative estimate of drug-likeness (QED) is 0.372. The van der Waals surface area contributed by atoms with E-state index < -0.39 is 0 Å². The Labute approximate surface area is 105 Å². The van der Waals surface area contributed by atoms with Crippen molar-refractivity contribution in [2.45, 2.75) is 32.5 Å². The van der Waals surface area contributed by atoms with E-state index in [1.165, 1.54) is 0 Å². The van der Waals surface area contributed by atoms with Gasteiger partial charge in [0.1, 0.15) is 0 Å². The molecular formula is C11H28N4O2. The van der Waals surface area contributed by atoms with Crippen molar-refractivity contribution < 1.29 is 10.2 Å². The monoisotopic (exact) mass is 248 g/mol. The van der Waals surface area contributed by atoms with Gasteiger partial charge >= 0.3 is 0 Å². The Morgan fingerprint density at radius 1 is 0.941 bits per heavy atom. The molecule has 2 atom stereocenters. The van der Waals surface area contributed by atoms with Crippen LogP contribution in [-0.2, 0) is 0 Å². The summed E-state index contributed by atoms with van der Waals surface area (Å²) in [6, 6.07) is 0. The van der Waals surface area contributed by atoms with Crippen LogP contribution in [0.15, 0.2) is 0 Å². The molecule has 0 saturated heterocycles. The van der Waals surface area contributed by atoms with E-state index in [0.717, 1.165) is 19.5 Å². The van der Waals surface area contributed by atoms with E-state index in [1.807, 2.05) is 19.2 Å². The summed E-state index contributed by atoms with van der Waals surface area (Å²) in [6.45, 7) is 6.46. The van der Waals surface area contributed by atoms with Gasteiger partial charge < -0.3 is 10.2 Å². The molecule has 0 aromatic heterocycles. The van der Waals surface area contributed by atoms with E-state index in [9.17, 15) is 10.2 Å². The Hall–Kier alpha value is -0.240. The number of aliphatic hydroxyl groups is 2. The predicted octanol–water partition coefficient (Wildman–Crippen LogP) is -0.989. The molecule has 6 heteroatoms. The third-order valence-corrected chi connectivity index (χ3v) is 2.44. The average Bonchev–Trinajstić information content (AvgIpc) is 2.22. The molecule has 0 radical (unpaired) electrons. The first-order chi connectivity index (χ1) is 7.99. The number of nitrogens with zero attached hydrogens (tertiary/aromatic N) is 2. The Morgan fingerprint density at radius 2 is 1.41 bits per heavy atom. The molecule has 0 spiro atoms. The summed E-state index contributed by atoms with van der Waals surface area (Å²) in [5.74, 6) is 0. The van der Waals surface area contributed by atoms with E-state index in [1.54, 1.807) is 13.8 Å². The van der Waals surface area contributed by atoms with Crippen LogP contribution in [0.1, 0.15) is 20.3 Å². The smallest absolute Gasteiger partial charge is 0.0639 e. The average molecular weight is 248 g/mol. The Balaban J connectivity index is 3.89. The molecule has 17 heavy (non-hydrogen) atoms. The highest BCUT2D eigenvalue weighted by atomic mass is 16.3. The Kier molecular flexibility index (Phi) is 9.62. The van der Waals surface area contributed by atoms with Gasteiger partial charge in [-0.3, -0.25) is 4.90 Å². The van der Waals surface area contributed by atoms with Gasteiger partial charge in [-0.05, 0) is 26.8 Å². The van der Waals surface area contributed by atoms with Crippen LogP contribution in [0, 0.1) is 0 Å². The van der Waals surface area contributed by atoms with Gasteiger partial charge in [-0.15, -0.1) is 0 Å². The maximum atomic E-state index is 9.38. The molecule has 6 nitrogen and oxygen atoms in total. The fourth-order valence-corrected chi connectivity index (χ4v) is 1.79. The van der Waals surface area contributed by atoms with Gasteiger partial charge in [-0.25, -0.2) is 10.9 Å². The molecule has 0 aliphatic carbocycles. The highest BCUT2D eigenvalue weighted by Gasteiger charge is 2.11. The second kappa shape index (κ2) is 9.76. The van der Waals surface area contributed by atoms with E-state index in [2.05, 4.69) is 15.8 Å². The third-order valence-electron chi connectivity index (χ3n) is 2.44. The van der Waals surface area contributed by atoms with E-state index in [0.29, 0.717) is 13.1 Å². The van der Waals surface area contributed by atoms with Gasteiger partial charge in [-0.2, -0.15) is 5.12 Å². The topological polar surface area (TPSA) is 71.0 Å². The molecule has 104 valence electrons. The fourth-order valence-electron chi connectivity index (χ4n) is 1.79. The summed E-state index contributed by atoms with van der Waals surface area (Å²) >= 11 is 0. The van der Waals surface area contributed by atoms with Crippen molar-refractivity contribution >= 4 is 0 Å². The van der Waals surface area contributed by atoms with Crippen LogP contribution in [0.5, 0.6) is 0 Å². The summed E-state index contributed by atoms with van der Waals surface area (Å²) in [7, 11) is 3.72. The van der Waals surface area contributed by atoms with Crippen LogP contribution < -0.4 is 10.9 Å². The number of rotatable bonds is 10. The molecule has 0 heterocycles. The summed E-state index contributed by atoms with van der Waals surface area (Å²) in [4.78, 5) is 2.08. The molecule has 0 bridgehead atoms. The maximum absolute atomic E-state index is 9.38. The van der Waals surface area contributed by atoms with Crippen LogP contribution in [0.3, 0.4) is 0 Å². The molecule has 0 amide bonds. The zero-order valence-corrected chi connectivity index (χ0v) is 11.5. The second-order valence-electron chi connectivity index (χ2n) is 4.41. The van der Waals surface area contributed by atoms with Crippen LogP contribution in [0.25, 0.3) is 0 Å². The normalized spacial score (nSPS) is 15.5. The third kappa shape index (κ3) is 9.46. The van der Waals surface area contributed by atoms with Crippen molar-refractivity contribution in [2.24, 2.45) is 0 Å². The lowest BCUT2D eigenvalue weighted by molar-refractivity contribution is 0.0751. The van der Waals surface area contributed by atoms with E-state index in [-0.39, 0.29) is 12.2 Å². The standard InChI is InChI=1S/C11H28N4O2/c1-10(16)8-14(9-11(2)17)6-5-7-15(12-3)13-4/h10-13,16-17H,5-9H2,1-4H3. The first kappa shape index (κ1) is 16.8. The molecule has 0 aromatic carbocycles. The Bertz CT molecular complexity index is 165. The molecule has 0 aromatic rings. The second-order valence-corrected chi connectivity index (χ2v) is 4.41. The summed E-state index contributed by atoms with van der Waals surface area (Å²) in [5.41, 5.74) is 6.02. The van der Waals surface area contributed by atoms with Crippen molar-refractivity contribution in [3.8, 4) is 0 Å². The zero-order valence-electron chi connectivity index (χ0n) is 11.5. The highest BCUT2D eigenvalue weighted by Crippen LogP contribution is 1.98. The predicted molar refractivity (Wildman–Crippen MR) is 69.2 cm³/mol. The lowest BCUT2D eigenvalue weighted by Crippen LogP contribution is -2.46. The number of hydrazine groups is 2. The first-order valence-electron chi connectivity index (χ1n) is 6.20. The fraction of sp³-hybridized carbons (Fsp3) is 1.00. The largest absolute Gasteiger partial charge is 0.392 e. The lowest BCUT2D eigenvalue weighted by Gasteiger charge is -2.26. The van der Waals surface area contributed by atoms with Gasteiger partial charge in [-0.1, -0.05) is 0 Å². The minimum absolute atomic E-state index is 0.363.